The third-order valence-electron chi connectivity index (χ3n) is 4.61. The molecule has 0 bridgehead atoms. The van der Waals surface area contributed by atoms with E-state index in [2.05, 4.69) is 43.8 Å². The van der Waals surface area contributed by atoms with Gasteiger partial charge in [0.15, 0.2) is 5.78 Å². The highest BCUT2D eigenvalue weighted by molar-refractivity contribution is 5.99. The van der Waals surface area contributed by atoms with Crippen LogP contribution in [-0.4, -0.2) is 55.9 Å². The lowest BCUT2D eigenvalue weighted by Crippen LogP contribution is -2.32. The van der Waals surface area contributed by atoms with E-state index in [-0.39, 0.29) is 5.78 Å². The highest BCUT2D eigenvalue weighted by atomic mass is 16.1. The van der Waals surface area contributed by atoms with Crippen molar-refractivity contribution in [3.8, 4) is 0 Å². The number of carbonyl (C=O) groups excluding carboxylic acids is 1. The number of ketones is 1. The van der Waals surface area contributed by atoms with Crippen molar-refractivity contribution in [3.05, 3.63) is 34.4 Å². The van der Waals surface area contributed by atoms with Crippen LogP contribution >= 0.6 is 0 Å². The van der Waals surface area contributed by atoms with Gasteiger partial charge in [-0.25, -0.2) is 0 Å². The minimum absolute atomic E-state index is 0.240. The second-order valence-electron chi connectivity index (χ2n) is 6.79. The van der Waals surface area contributed by atoms with E-state index in [4.69, 9.17) is 0 Å². The van der Waals surface area contributed by atoms with Crippen LogP contribution in [0, 0.1) is 26.7 Å². The molecule has 0 radical (unpaired) electrons. The Kier molecular flexibility index (Phi) is 5.17. The molecule has 0 N–H and O–H groups in total. The number of benzene rings is 1. The molecule has 1 aromatic carbocycles. The standard InChI is InChI=1S/C18H28N2O/c1-13-8-15(3)17(9-14(13)2)18(21)12-20(5)11-16-6-7-19(4)10-16/h8-9,16H,6-7,10-12H2,1-5H3. The lowest BCUT2D eigenvalue weighted by Gasteiger charge is -2.20. The monoisotopic (exact) mass is 288 g/mol. The summed E-state index contributed by atoms with van der Waals surface area (Å²) >= 11 is 0. The molecule has 1 saturated heterocycles. The van der Waals surface area contributed by atoms with E-state index in [0.29, 0.717) is 12.5 Å². The molecule has 0 amide bonds. The van der Waals surface area contributed by atoms with Crippen molar-refractivity contribution >= 4 is 5.78 Å². The summed E-state index contributed by atoms with van der Waals surface area (Å²) in [5, 5.41) is 0. The van der Waals surface area contributed by atoms with E-state index >= 15 is 0 Å². The molecule has 3 nitrogen and oxygen atoms in total. The van der Waals surface area contributed by atoms with Crippen molar-refractivity contribution in [1.29, 1.82) is 0 Å². The summed E-state index contributed by atoms with van der Waals surface area (Å²) < 4.78 is 0. The Labute approximate surface area is 128 Å². The predicted molar refractivity (Wildman–Crippen MR) is 88.1 cm³/mol. The summed E-state index contributed by atoms with van der Waals surface area (Å²) in [5.74, 6) is 0.943. The summed E-state index contributed by atoms with van der Waals surface area (Å²) in [5.41, 5.74) is 4.43. The van der Waals surface area contributed by atoms with Crippen LogP contribution in [0.3, 0.4) is 0 Å². The minimum Gasteiger partial charge on any atom is -0.306 e. The quantitative estimate of drug-likeness (QED) is 0.778. The SMILES string of the molecule is Cc1cc(C)c(C(=O)CN(C)CC2CCN(C)C2)cc1C. The van der Waals surface area contributed by atoms with Crippen molar-refractivity contribution in [2.75, 3.05) is 40.3 Å². The topological polar surface area (TPSA) is 23.6 Å². The van der Waals surface area contributed by atoms with E-state index < -0.39 is 0 Å². The van der Waals surface area contributed by atoms with Crippen molar-refractivity contribution in [2.45, 2.75) is 27.2 Å². The zero-order chi connectivity index (χ0) is 15.6. The molecule has 1 unspecified atom stereocenters. The fraction of sp³-hybridized carbons (Fsp3) is 0.611. The molecule has 1 aliphatic heterocycles. The molecule has 3 heteroatoms. The van der Waals surface area contributed by atoms with Gasteiger partial charge in [-0.1, -0.05) is 6.07 Å². The van der Waals surface area contributed by atoms with Gasteiger partial charge in [0.05, 0.1) is 6.54 Å². The fourth-order valence-corrected chi connectivity index (χ4v) is 3.27. The maximum Gasteiger partial charge on any atom is 0.177 e. The predicted octanol–water partition coefficient (Wildman–Crippen LogP) is 2.68. The molecule has 0 aliphatic carbocycles. The third kappa shape index (κ3) is 4.14. The van der Waals surface area contributed by atoms with E-state index in [9.17, 15) is 4.79 Å². The highest BCUT2D eigenvalue weighted by Crippen LogP contribution is 2.18. The molecule has 0 aromatic heterocycles. The van der Waals surface area contributed by atoms with Crippen LogP contribution in [0.25, 0.3) is 0 Å². The average molecular weight is 288 g/mol. The Morgan fingerprint density at radius 2 is 1.90 bits per heavy atom. The van der Waals surface area contributed by atoms with Gasteiger partial charge in [0.25, 0.3) is 0 Å². The van der Waals surface area contributed by atoms with Gasteiger partial charge in [0.2, 0.25) is 0 Å². The lowest BCUT2D eigenvalue weighted by molar-refractivity contribution is 0.0937. The molecular formula is C18H28N2O. The van der Waals surface area contributed by atoms with Crippen LogP contribution < -0.4 is 0 Å². The molecule has 116 valence electrons. The first-order valence-corrected chi connectivity index (χ1v) is 7.85. The van der Waals surface area contributed by atoms with Crippen LogP contribution in [-0.2, 0) is 0 Å². The van der Waals surface area contributed by atoms with Gasteiger partial charge in [0, 0.05) is 18.7 Å². The summed E-state index contributed by atoms with van der Waals surface area (Å²) in [4.78, 5) is 17.1. The Bertz CT molecular complexity index is 524. The van der Waals surface area contributed by atoms with E-state index in [0.717, 1.165) is 24.2 Å². The second kappa shape index (κ2) is 6.71. The normalized spacial score (nSPS) is 19.4. The van der Waals surface area contributed by atoms with Gasteiger partial charge in [-0.05, 0) is 76.5 Å². The first kappa shape index (κ1) is 16.2. The van der Waals surface area contributed by atoms with Crippen LogP contribution in [0.2, 0.25) is 0 Å². The van der Waals surface area contributed by atoms with Gasteiger partial charge in [0.1, 0.15) is 0 Å². The zero-order valence-corrected chi connectivity index (χ0v) is 14.1. The first-order valence-electron chi connectivity index (χ1n) is 7.85. The van der Waals surface area contributed by atoms with Crippen LogP contribution in [0.1, 0.15) is 33.5 Å². The van der Waals surface area contributed by atoms with Gasteiger partial charge in [-0.15, -0.1) is 0 Å². The van der Waals surface area contributed by atoms with Gasteiger partial charge in [-0.3, -0.25) is 9.69 Å². The second-order valence-corrected chi connectivity index (χ2v) is 6.79. The number of rotatable bonds is 5. The molecule has 0 spiro atoms. The maximum absolute atomic E-state index is 12.5. The molecule has 1 fully saturated rings. The minimum atomic E-state index is 0.240. The smallest absolute Gasteiger partial charge is 0.177 e. The maximum atomic E-state index is 12.5. The Morgan fingerprint density at radius 1 is 1.24 bits per heavy atom. The lowest BCUT2D eigenvalue weighted by atomic mass is 9.98. The molecule has 1 aromatic rings. The van der Waals surface area contributed by atoms with Gasteiger partial charge >= 0.3 is 0 Å². The number of carbonyl (C=O) groups is 1. The summed E-state index contributed by atoms with van der Waals surface area (Å²) in [6.45, 7) is 10.1. The third-order valence-corrected chi connectivity index (χ3v) is 4.61. The molecule has 1 atom stereocenters. The zero-order valence-electron chi connectivity index (χ0n) is 14.1. The molecule has 0 saturated carbocycles. The number of likely N-dealkylation sites (tertiary alicyclic amines) is 1. The van der Waals surface area contributed by atoms with Gasteiger partial charge in [-0.2, -0.15) is 0 Å². The average Bonchev–Trinajstić information content (AvgIpc) is 2.78. The molecule has 1 aliphatic rings. The molecule has 2 rings (SSSR count). The molecule has 1 heterocycles. The number of hydrogen-bond donors (Lipinski definition) is 0. The number of hydrogen-bond acceptors (Lipinski definition) is 3. The number of likely N-dealkylation sites (N-methyl/N-ethyl adjacent to an activating group) is 1. The highest BCUT2D eigenvalue weighted by Gasteiger charge is 2.22. The first-order chi connectivity index (χ1) is 9.86. The van der Waals surface area contributed by atoms with E-state index in [1.165, 1.54) is 24.1 Å². The van der Waals surface area contributed by atoms with Crippen molar-refractivity contribution in [3.63, 3.8) is 0 Å². The number of Topliss-reactive ketones (excluding diaryl/α,β-unsaturated/α-hetero) is 1. The van der Waals surface area contributed by atoms with E-state index in [1.807, 2.05) is 13.0 Å². The summed E-state index contributed by atoms with van der Waals surface area (Å²) in [7, 11) is 4.23. The van der Waals surface area contributed by atoms with E-state index in [1.54, 1.807) is 0 Å². The summed E-state index contributed by atoms with van der Waals surface area (Å²) in [6.07, 6.45) is 1.25. The largest absolute Gasteiger partial charge is 0.306 e. The van der Waals surface area contributed by atoms with Gasteiger partial charge < -0.3 is 4.90 Å². The van der Waals surface area contributed by atoms with Crippen molar-refractivity contribution < 1.29 is 4.79 Å². The molecule has 21 heavy (non-hydrogen) atoms. The van der Waals surface area contributed by atoms with Crippen molar-refractivity contribution in [2.24, 2.45) is 5.92 Å². The Hall–Kier alpha value is -1.19. The van der Waals surface area contributed by atoms with Crippen LogP contribution in [0.4, 0.5) is 0 Å². The molecular weight excluding hydrogens is 260 g/mol. The Balaban J connectivity index is 1.96. The van der Waals surface area contributed by atoms with Crippen molar-refractivity contribution in [1.82, 2.24) is 9.80 Å². The number of aryl methyl sites for hydroxylation is 3. The Morgan fingerprint density at radius 3 is 2.52 bits per heavy atom. The number of nitrogens with zero attached hydrogens (tertiary/aromatic N) is 2. The fourth-order valence-electron chi connectivity index (χ4n) is 3.27. The summed E-state index contributed by atoms with van der Waals surface area (Å²) in [6, 6.07) is 4.17. The van der Waals surface area contributed by atoms with Crippen LogP contribution in [0.5, 0.6) is 0 Å². The van der Waals surface area contributed by atoms with Crippen LogP contribution in [0.15, 0.2) is 12.1 Å².